The van der Waals surface area contributed by atoms with Gasteiger partial charge in [-0.05, 0) is 42.5 Å². The van der Waals surface area contributed by atoms with E-state index in [9.17, 15) is 4.79 Å². The molecule has 9 heteroatoms. The number of rotatable bonds is 5. The summed E-state index contributed by atoms with van der Waals surface area (Å²) in [6.45, 7) is -0.172. The number of nitrogens with zero attached hydrogens (tertiary/aromatic N) is 4. The van der Waals surface area contributed by atoms with E-state index in [0.29, 0.717) is 27.1 Å². The van der Waals surface area contributed by atoms with Crippen LogP contribution in [0.3, 0.4) is 0 Å². The van der Waals surface area contributed by atoms with Gasteiger partial charge in [0.15, 0.2) is 12.3 Å². The van der Waals surface area contributed by atoms with Gasteiger partial charge >= 0.3 is 0 Å². The van der Waals surface area contributed by atoms with Gasteiger partial charge in [0.1, 0.15) is 12.1 Å². The van der Waals surface area contributed by atoms with Crippen LogP contribution in [0.15, 0.2) is 60.9 Å². The van der Waals surface area contributed by atoms with Crippen molar-refractivity contribution in [3.8, 4) is 17.0 Å². The lowest BCUT2D eigenvalue weighted by atomic mass is 10.1. The lowest BCUT2D eigenvalue weighted by molar-refractivity contribution is -0.118. The van der Waals surface area contributed by atoms with Crippen LogP contribution in [0.4, 0.5) is 5.69 Å². The molecule has 2 aromatic carbocycles. The molecular formula is C19H13Cl2N5O2. The van der Waals surface area contributed by atoms with E-state index >= 15 is 0 Å². The molecule has 140 valence electrons. The van der Waals surface area contributed by atoms with E-state index in [0.717, 1.165) is 11.3 Å². The van der Waals surface area contributed by atoms with Gasteiger partial charge in [0.25, 0.3) is 5.91 Å². The Labute approximate surface area is 169 Å². The van der Waals surface area contributed by atoms with E-state index in [-0.39, 0.29) is 12.5 Å². The van der Waals surface area contributed by atoms with E-state index in [1.807, 2.05) is 24.3 Å². The fourth-order valence-corrected chi connectivity index (χ4v) is 3.00. The highest BCUT2D eigenvalue weighted by Gasteiger charge is 2.08. The highest BCUT2D eigenvalue weighted by atomic mass is 35.5. The molecule has 2 aromatic heterocycles. The van der Waals surface area contributed by atoms with Crippen molar-refractivity contribution in [3.05, 3.63) is 71.0 Å². The molecule has 28 heavy (non-hydrogen) atoms. The predicted molar refractivity (Wildman–Crippen MR) is 107 cm³/mol. The highest BCUT2D eigenvalue weighted by molar-refractivity contribution is 6.35. The Morgan fingerprint density at radius 2 is 1.89 bits per heavy atom. The minimum Gasteiger partial charge on any atom is -0.482 e. The van der Waals surface area contributed by atoms with Crippen molar-refractivity contribution in [1.82, 2.24) is 19.8 Å². The van der Waals surface area contributed by atoms with Crippen LogP contribution in [-0.2, 0) is 4.79 Å². The van der Waals surface area contributed by atoms with Crippen molar-refractivity contribution in [3.63, 3.8) is 0 Å². The maximum atomic E-state index is 12.1. The number of amides is 1. The molecule has 0 saturated heterocycles. The molecule has 2 heterocycles. The summed E-state index contributed by atoms with van der Waals surface area (Å²) in [6.07, 6.45) is 1.54. The first kappa shape index (κ1) is 18.2. The minimum absolute atomic E-state index is 0.172. The molecule has 1 amide bonds. The van der Waals surface area contributed by atoms with Gasteiger partial charge in [-0.2, -0.15) is 9.61 Å². The smallest absolute Gasteiger partial charge is 0.262 e. The quantitative estimate of drug-likeness (QED) is 0.532. The van der Waals surface area contributed by atoms with Crippen LogP contribution < -0.4 is 10.1 Å². The van der Waals surface area contributed by atoms with Crippen LogP contribution in [0.1, 0.15) is 0 Å². The fraction of sp³-hybridized carbons (Fsp3) is 0.0526. The zero-order chi connectivity index (χ0) is 19.5. The van der Waals surface area contributed by atoms with Gasteiger partial charge in [0, 0.05) is 16.3 Å². The maximum Gasteiger partial charge on any atom is 0.262 e. The molecule has 0 saturated carbocycles. The molecular weight excluding hydrogens is 401 g/mol. The number of benzene rings is 2. The lowest BCUT2D eigenvalue weighted by Gasteiger charge is -2.09. The van der Waals surface area contributed by atoms with Crippen LogP contribution in [0, 0.1) is 0 Å². The summed E-state index contributed by atoms with van der Waals surface area (Å²) in [5, 5.41) is 15.8. The first-order chi connectivity index (χ1) is 13.6. The molecule has 0 aliphatic rings. The largest absolute Gasteiger partial charge is 0.482 e. The first-order valence-corrected chi connectivity index (χ1v) is 8.99. The molecule has 7 nitrogen and oxygen atoms in total. The normalized spacial score (nSPS) is 10.8. The summed E-state index contributed by atoms with van der Waals surface area (Å²) in [4.78, 5) is 12.1. The van der Waals surface area contributed by atoms with Gasteiger partial charge < -0.3 is 10.1 Å². The van der Waals surface area contributed by atoms with Gasteiger partial charge in [0.05, 0.1) is 10.7 Å². The summed E-state index contributed by atoms with van der Waals surface area (Å²) in [5.74, 6) is 0.0924. The predicted octanol–water partition coefficient (Wildman–Crippen LogP) is 4.12. The number of fused-ring (bicyclic) bond motifs is 1. The van der Waals surface area contributed by atoms with Gasteiger partial charge in [-0.1, -0.05) is 35.3 Å². The summed E-state index contributed by atoms with van der Waals surface area (Å²) >= 11 is 11.9. The molecule has 0 radical (unpaired) electrons. The number of ether oxygens (including phenoxy) is 1. The van der Waals surface area contributed by atoms with Gasteiger partial charge in [-0.3, -0.25) is 4.79 Å². The lowest BCUT2D eigenvalue weighted by Crippen LogP contribution is -2.20. The number of anilines is 1. The van der Waals surface area contributed by atoms with Crippen LogP contribution in [-0.4, -0.2) is 32.3 Å². The molecule has 0 atom stereocenters. The number of carbonyl (C=O) groups excluding carboxylic acids is 1. The number of aromatic nitrogens is 4. The fourth-order valence-electron chi connectivity index (χ4n) is 2.54. The summed E-state index contributed by atoms with van der Waals surface area (Å²) < 4.78 is 7.03. The zero-order valence-electron chi connectivity index (χ0n) is 14.3. The van der Waals surface area contributed by atoms with E-state index in [1.165, 1.54) is 0 Å². The third-order valence-electron chi connectivity index (χ3n) is 3.88. The number of nitrogens with one attached hydrogen (secondary N) is 1. The Morgan fingerprint density at radius 3 is 2.68 bits per heavy atom. The van der Waals surface area contributed by atoms with Crippen LogP contribution in [0.5, 0.6) is 5.75 Å². The monoisotopic (exact) mass is 413 g/mol. The van der Waals surface area contributed by atoms with Gasteiger partial charge in [0.2, 0.25) is 0 Å². The topological polar surface area (TPSA) is 81.4 Å². The first-order valence-electron chi connectivity index (χ1n) is 8.24. The number of halogens is 2. The third-order valence-corrected chi connectivity index (χ3v) is 4.41. The number of hydrogen-bond donors (Lipinski definition) is 1. The molecule has 4 aromatic rings. The second kappa shape index (κ2) is 7.84. The summed E-state index contributed by atoms with van der Waals surface area (Å²) in [7, 11) is 0. The Kier molecular flexibility index (Phi) is 5.10. The van der Waals surface area contributed by atoms with Crippen molar-refractivity contribution in [2.75, 3.05) is 11.9 Å². The SMILES string of the molecule is O=C(COc1ccc(Cl)cc1Cl)Nc1ccc(-c2ccc3nncn3n2)cc1. The van der Waals surface area contributed by atoms with Crippen LogP contribution >= 0.6 is 23.2 Å². The van der Waals surface area contributed by atoms with Crippen molar-refractivity contribution in [1.29, 1.82) is 0 Å². The zero-order valence-corrected chi connectivity index (χ0v) is 15.9. The number of hydrogen-bond acceptors (Lipinski definition) is 5. The van der Waals surface area contributed by atoms with E-state index in [1.54, 1.807) is 41.2 Å². The average molecular weight is 414 g/mol. The van der Waals surface area contributed by atoms with Gasteiger partial charge in [-0.15, -0.1) is 10.2 Å². The summed E-state index contributed by atoms with van der Waals surface area (Å²) in [6, 6.07) is 15.8. The second-order valence-electron chi connectivity index (χ2n) is 5.84. The maximum absolute atomic E-state index is 12.1. The van der Waals surface area contributed by atoms with Crippen LogP contribution in [0.2, 0.25) is 10.0 Å². The highest BCUT2D eigenvalue weighted by Crippen LogP contribution is 2.27. The average Bonchev–Trinajstić information content (AvgIpc) is 3.16. The molecule has 0 bridgehead atoms. The summed E-state index contributed by atoms with van der Waals surface area (Å²) in [5.41, 5.74) is 2.99. The van der Waals surface area contributed by atoms with Gasteiger partial charge in [-0.25, -0.2) is 0 Å². The third kappa shape index (κ3) is 4.05. The molecule has 4 rings (SSSR count). The second-order valence-corrected chi connectivity index (χ2v) is 6.68. The Hall–Kier alpha value is -3.16. The van der Waals surface area contributed by atoms with Crippen molar-refractivity contribution in [2.24, 2.45) is 0 Å². The Balaban J connectivity index is 1.39. The molecule has 0 fully saturated rings. The molecule has 0 spiro atoms. The van der Waals surface area contributed by atoms with Crippen LogP contribution in [0.25, 0.3) is 16.9 Å². The molecule has 0 aliphatic carbocycles. The van der Waals surface area contributed by atoms with Crippen molar-refractivity contribution >= 4 is 40.4 Å². The number of carbonyl (C=O) groups is 1. The van der Waals surface area contributed by atoms with E-state index < -0.39 is 0 Å². The van der Waals surface area contributed by atoms with Crippen molar-refractivity contribution in [2.45, 2.75) is 0 Å². The van der Waals surface area contributed by atoms with E-state index in [4.69, 9.17) is 27.9 Å². The standard InChI is InChI=1S/C19H13Cl2N5O2/c20-13-3-7-17(15(21)9-13)28-10-19(27)23-14-4-1-12(2-5-14)16-6-8-18-24-22-11-26(18)25-16/h1-9,11H,10H2,(H,23,27). The van der Waals surface area contributed by atoms with E-state index in [2.05, 4.69) is 20.6 Å². The Morgan fingerprint density at radius 1 is 1.07 bits per heavy atom. The molecule has 0 aliphatic heterocycles. The minimum atomic E-state index is -0.303. The molecule has 0 unspecified atom stereocenters. The Bertz CT molecular complexity index is 1140. The van der Waals surface area contributed by atoms with Crippen molar-refractivity contribution < 1.29 is 9.53 Å². The molecule has 1 N–H and O–H groups in total.